The first-order valence-corrected chi connectivity index (χ1v) is 6.63. The van der Waals surface area contributed by atoms with Crippen LogP contribution in [-0.2, 0) is 14.3 Å². The third-order valence-electron chi connectivity index (χ3n) is 2.93. The van der Waals surface area contributed by atoms with Crippen LogP contribution in [0.4, 0.5) is 5.69 Å². The van der Waals surface area contributed by atoms with Crippen LogP contribution in [0.1, 0.15) is 18.1 Å². The van der Waals surface area contributed by atoms with E-state index in [0.29, 0.717) is 5.69 Å². The van der Waals surface area contributed by atoms with E-state index in [1.807, 2.05) is 26.0 Å². The molecule has 2 amide bonds. The Morgan fingerprint density at radius 1 is 1.29 bits per heavy atom. The average Bonchev–Trinajstić information content (AvgIpc) is 2.40. The molecular formula is C15H22N2O4. The van der Waals surface area contributed by atoms with Crippen molar-refractivity contribution in [1.29, 1.82) is 0 Å². The van der Waals surface area contributed by atoms with Crippen LogP contribution in [0.5, 0.6) is 0 Å². The molecule has 0 radical (unpaired) electrons. The number of hydrogen-bond donors (Lipinski definition) is 3. The molecule has 0 aliphatic carbocycles. The van der Waals surface area contributed by atoms with Crippen LogP contribution in [0.3, 0.4) is 0 Å². The molecule has 6 nitrogen and oxygen atoms in total. The number of carbonyl (C=O) groups excluding carboxylic acids is 2. The second kappa shape index (κ2) is 7.19. The van der Waals surface area contributed by atoms with Crippen molar-refractivity contribution in [3.05, 3.63) is 29.3 Å². The minimum atomic E-state index is -1.22. The number of rotatable bonds is 5. The maximum absolute atomic E-state index is 11.8. The summed E-state index contributed by atoms with van der Waals surface area (Å²) in [6.45, 7) is 5.25. The topological polar surface area (TPSA) is 87.7 Å². The molecule has 0 unspecified atom stereocenters. The number of anilines is 1. The molecule has 1 rings (SSSR count). The molecule has 0 aliphatic heterocycles. The predicted molar refractivity (Wildman–Crippen MR) is 80.1 cm³/mol. The van der Waals surface area contributed by atoms with Gasteiger partial charge in [-0.25, -0.2) is 0 Å². The summed E-state index contributed by atoms with van der Waals surface area (Å²) in [4.78, 5) is 23.5. The Kier molecular flexibility index (Phi) is 5.87. The number of carbonyl (C=O) groups is 2. The SMILES string of the molecule is COC[C@](C)(O)CNC(=O)C(=O)Nc1cc(C)ccc1C. The lowest BCUT2D eigenvalue weighted by Gasteiger charge is -2.22. The van der Waals surface area contributed by atoms with Crippen molar-refractivity contribution < 1.29 is 19.4 Å². The van der Waals surface area contributed by atoms with Gasteiger partial charge in [0.15, 0.2) is 0 Å². The lowest BCUT2D eigenvalue weighted by molar-refractivity contribution is -0.137. The number of nitrogens with one attached hydrogen (secondary N) is 2. The fraction of sp³-hybridized carbons (Fsp3) is 0.467. The quantitative estimate of drug-likeness (QED) is 0.700. The third-order valence-corrected chi connectivity index (χ3v) is 2.93. The van der Waals surface area contributed by atoms with Crippen LogP contribution in [-0.4, -0.2) is 42.8 Å². The predicted octanol–water partition coefficient (Wildman–Crippen LogP) is 0.756. The van der Waals surface area contributed by atoms with Crippen LogP contribution in [0, 0.1) is 13.8 Å². The minimum Gasteiger partial charge on any atom is -0.386 e. The van der Waals surface area contributed by atoms with E-state index in [4.69, 9.17) is 4.74 Å². The standard InChI is InChI=1S/C15H22N2O4/c1-10-5-6-11(2)12(7-10)17-14(19)13(18)16-8-15(3,20)9-21-4/h5-7,20H,8-9H2,1-4H3,(H,16,18)(H,17,19)/t15-/m1/s1. The summed E-state index contributed by atoms with van der Waals surface area (Å²) in [7, 11) is 1.45. The van der Waals surface area contributed by atoms with Gasteiger partial charge in [0.1, 0.15) is 5.60 Å². The Balaban J connectivity index is 2.59. The number of aliphatic hydroxyl groups is 1. The van der Waals surface area contributed by atoms with Crippen molar-refractivity contribution in [2.24, 2.45) is 0 Å². The smallest absolute Gasteiger partial charge is 0.313 e. The van der Waals surface area contributed by atoms with Gasteiger partial charge in [-0.1, -0.05) is 12.1 Å². The number of aryl methyl sites for hydroxylation is 2. The van der Waals surface area contributed by atoms with Crippen LogP contribution in [0.25, 0.3) is 0 Å². The Bertz CT molecular complexity index is 526. The van der Waals surface area contributed by atoms with E-state index in [9.17, 15) is 14.7 Å². The summed E-state index contributed by atoms with van der Waals surface area (Å²) in [5.41, 5.74) is 1.23. The first-order chi connectivity index (χ1) is 9.75. The molecule has 1 aromatic rings. The second-order valence-electron chi connectivity index (χ2n) is 5.39. The largest absolute Gasteiger partial charge is 0.386 e. The van der Waals surface area contributed by atoms with Gasteiger partial charge < -0.3 is 20.5 Å². The van der Waals surface area contributed by atoms with Crippen molar-refractivity contribution in [1.82, 2.24) is 5.32 Å². The molecule has 1 aromatic carbocycles. The molecule has 1 atom stereocenters. The second-order valence-corrected chi connectivity index (χ2v) is 5.39. The van der Waals surface area contributed by atoms with E-state index in [-0.39, 0.29) is 13.2 Å². The Labute approximate surface area is 124 Å². The van der Waals surface area contributed by atoms with E-state index in [2.05, 4.69) is 10.6 Å². The number of amides is 2. The summed E-state index contributed by atoms with van der Waals surface area (Å²) >= 11 is 0. The minimum absolute atomic E-state index is 0.0614. The highest BCUT2D eigenvalue weighted by molar-refractivity contribution is 6.39. The molecule has 0 aliphatic rings. The molecule has 0 spiro atoms. The Morgan fingerprint density at radius 3 is 2.57 bits per heavy atom. The first kappa shape index (κ1) is 17.1. The highest BCUT2D eigenvalue weighted by atomic mass is 16.5. The van der Waals surface area contributed by atoms with E-state index < -0.39 is 17.4 Å². The lowest BCUT2D eigenvalue weighted by atomic mass is 10.1. The van der Waals surface area contributed by atoms with Crippen molar-refractivity contribution >= 4 is 17.5 Å². The number of ether oxygens (including phenoxy) is 1. The zero-order valence-corrected chi connectivity index (χ0v) is 12.8. The van der Waals surface area contributed by atoms with Crippen LogP contribution in [0.15, 0.2) is 18.2 Å². The van der Waals surface area contributed by atoms with Gasteiger partial charge in [0.2, 0.25) is 0 Å². The average molecular weight is 294 g/mol. The Morgan fingerprint density at radius 2 is 1.95 bits per heavy atom. The molecule has 3 N–H and O–H groups in total. The van der Waals surface area contributed by atoms with Crippen molar-refractivity contribution in [2.75, 3.05) is 25.6 Å². The number of hydrogen-bond acceptors (Lipinski definition) is 4. The van der Waals surface area contributed by atoms with Gasteiger partial charge >= 0.3 is 11.8 Å². The first-order valence-electron chi connectivity index (χ1n) is 6.63. The molecule has 0 saturated carbocycles. The molecule has 116 valence electrons. The zero-order valence-electron chi connectivity index (χ0n) is 12.8. The van der Waals surface area contributed by atoms with Crippen molar-refractivity contribution in [3.8, 4) is 0 Å². The fourth-order valence-electron chi connectivity index (χ4n) is 1.76. The van der Waals surface area contributed by atoms with Gasteiger partial charge in [-0.05, 0) is 38.0 Å². The van der Waals surface area contributed by atoms with Crippen molar-refractivity contribution in [3.63, 3.8) is 0 Å². The molecule has 6 heteroatoms. The number of methoxy groups -OCH3 is 1. The van der Waals surface area contributed by atoms with Crippen molar-refractivity contribution in [2.45, 2.75) is 26.4 Å². The molecule has 0 heterocycles. The maximum atomic E-state index is 11.8. The van der Waals surface area contributed by atoms with Gasteiger partial charge in [-0.3, -0.25) is 9.59 Å². The zero-order chi connectivity index (χ0) is 16.0. The molecule has 0 bridgehead atoms. The van der Waals surface area contributed by atoms with E-state index in [1.165, 1.54) is 14.0 Å². The Hall–Kier alpha value is -1.92. The van der Waals surface area contributed by atoms with Crippen LogP contribution in [0.2, 0.25) is 0 Å². The van der Waals surface area contributed by atoms with E-state index >= 15 is 0 Å². The van der Waals surface area contributed by atoms with Crippen LogP contribution < -0.4 is 10.6 Å². The fourth-order valence-corrected chi connectivity index (χ4v) is 1.76. The number of benzene rings is 1. The summed E-state index contributed by atoms with van der Waals surface area (Å²) < 4.78 is 4.82. The molecule has 21 heavy (non-hydrogen) atoms. The van der Waals surface area contributed by atoms with E-state index in [1.54, 1.807) is 6.07 Å². The monoisotopic (exact) mass is 294 g/mol. The highest BCUT2D eigenvalue weighted by Gasteiger charge is 2.23. The van der Waals surface area contributed by atoms with Gasteiger partial charge in [-0.15, -0.1) is 0 Å². The van der Waals surface area contributed by atoms with E-state index in [0.717, 1.165) is 11.1 Å². The normalized spacial score (nSPS) is 13.4. The molecule has 0 fully saturated rings. The van der Waals surface area contributed by atoms with Gasteiger partial charge in [0.25, 0.3) is 0 Å². The lowest BCUT2D eigenvalue weighted by Crippen LogP contribution is -2.46. The molecule has 0 saturated heterocycles. The maximum Gasteiger partial charge on any atom is 0.313 e. The summed E-state index contributed by atoms with van der Waals surface area (Å²) in [6.07, 6.45) is 0. The third kappa shape index (κ3) is 5.53. The van der Waals surface area contributed by atoms with Gasteiger partial charge in [0, 0.05) is 19.3 Å². The molecular weight excluding hydrogens is 272 g/mol. The highest BCUT2D eigenvalue weighted by Crippen LogP contribution is 2.16. The summed E-state index contributed by atoms with van der Waals surface area (Å²) in [5, 5.41) is 14.8. The molecule has 0 aromatic heterocycles. The summed E-state index contributed by atoms with van der Waals surface area (Å²) in [5.74, 6) is -1.57. The van der Waals surface area contributed by atoms with Gasteiger partial charge in [0.05, 0.1) is 6.61 Å². The summed E-state index contributed by atoms with van der Waals surface area (Å²) in [6, 6.07) is 5.58. The van der Waals surface area contributed by atoms with Crippen LogP contribution >= 0.6 is 0 Å². The van der Waals surface area contributed by atoms with Gasteiger partial charge in [-0.2, -0.15) is 0 Å².